The largest absolute Gasteiger partial charge is 0.481 e. The summed E-state index contributed by atoms with van der Waals surface area (Å²) in [7, 11) is 0. The van der Waals surface area contributed by atoms with Crippen LogP contribution in [0, 0.1) is 18.3 Å². The van der Waals surface area contributed by atoms with E-state index in [0.29, 0.717) is 13.0 Å². The van der Waals surface area contributed by atoms with Crippen molar-refractivity contribution in [3.8, 4) is 12.3 Å². The van der Waals surface area contributed by atoms with Gasteiger partial charge in [0, 0.05) is 6.04 Å². The molecule has 0 bridgehead atoms. The van der Waals surface area contributed by atoms with Crippen LogP contribution < -0.4 is 10.6 Å². The highest BCUT2D eigenvalue weighted by atomic mass is 16.4. The van der Waals surface area contributed by atoms with Gasteiger partial charge in [-0.25, -0.2) is 0 Å². The van der Waals surface area contributed by atoms with E-state index in [-0.39, 0.29) is 18.5 Å². The Morgan fingerprint density at radius 2 is 2.25 bits per heavy atom. The second-order valence-electron chi connectivity index (χ2n) is 3.55. The molecular formula is C11H14N2O3. The van der Waals surface area contributed by atoms with Crippen molar-refractivity contribution in [2.24, 2.45) is 5.92 Å². The van der Waals surface area contributed by atoms with Gasteiger partial charge in [0.2, 0.25) is 5.91 Å². The lowest BCUT2D eigenvalue weighted by atomic mass is 10.1. The molecule has 0 aromatic carbocycles. The van der Waals surface area contributed by atoms with E-state index in [9.17, 15) is 9.59 Å². The first-order valence-corrected chi connectivity index (χ1v) is 4.98. The third-order valence-electron chi connectivity index (χ3n) is 2.26. The van der Waals surface area contributed by atoms with Crippen LogP contribution >= 0.6 is 0 Å². The fraction of sp³-hybridized carbons (Fsp3) is 0.455. The van der Waals surface area contributed by atoms with Crippen LogP contribution in [0.1, 0.15) is 6.42 Å². The summed E-state index contributed by atoms with van der Waals surface area (Å²) in [6.45, 7) is 0.484. The average Bonchev–Trinajstić information content (AvgIpc) is 2.66. The Bertz CT molecular complexity index is 344. The van der Waals surface area contributed by atoms with Crippen molar-refractivity contribution in [2.75, 3.05) is 13.1 Å². The SMILES string of the molecule is C#CCNCC(=O)NC1C=CC(C(=O)O)C1. The van der Waals surface area contributed by atoms with Crippen molar-refractivity contribution in [1.82, 2.24) is 10.6 Å². The van der Waals surface area contributed by atoms with Gasteiger partial charge in [0.05, 0.1) is 19.0 Å². The Balaban J connectivity index is 2.25. The molecule has 16 heavy (non-hydrogen) atoms. The van der Waals surface area contributed by atoms with Gasteiger partial charge in [-0.2, -0.15) is 0 Å². The topological polar surface area (TPSA) is 78.4 Å². The van der Waals surface area contributed by atoms with E-state index in [1.807, 2.05) is 0 Å². The van der Waals surface area contributed by atoms with Gasteiger partial charge in [0.15, 0.2) is 0 Å². The first-order chi connectivity index (χ1) is 7.63. The van der Waals surface area contributed by atoms with Crippen molar-refractivity contribution < 1.29 is 14.7 Å². The number of nitrogens with one attached hydrogen (secondary N) is 2. The maximum atomic E-state index is 11.3. The van der Waals surface area contributed by atoms with Crippen LogP contribution in [0.4, 0.5) is 0 Å². The highest BCUT2D eigenvalue weighted by molar-refractivity contribution is 5.79. The Kier molecular flexibility index (Phi) is 4.55. The molecule has 1 rings (SSSR count). The first kappa shape index (κ1) is 12.3. The Morgan fingerprint density at radius 1 is 1.50 bits per heavy atom. The van der Waals surface area contributed by atoms with E-state index in [0.717, 1.165) is 0 Å². The minimum Gasteiger partial charge on any atom is -0.481 e. The van der Waals surface area contributed by atoms with E-state index < -0.39 is 11.9 Å². The van der Waals surface area contributed by atoms with Gasteiger partial charge >= 0.3 is 5.97 Å². The molecule has 0 spiro atoms. The lowest BCUT2D eigenvalue weighted by Crippen LogP contribution is -2.39. The van der Waals surface area contributed by atoms with Gasteiger partial charge in [-0.3, -0.25) is 14.9 Å². The Hall–Kier alpha value is -1.80. The number of rotatable bonds is 5. The number of carboxylic acid groups (broad SMARTS) is 1. The smallest absolute Gasteiger partial charge is 0.310 e. The third kappa shape index (κ3) is 3.75. The first-order valence-electron chi connectivity index (χ1n) is 4.98. The number of amides is 1. The van der Waals surface area contributed by atoms with Crippen molar-refractivity contribution in [1.29, 1.82) is 0 Å². The summed E-state index contributed by atoms with van der Waals surface area (Å²) in [5, 5.41) is 14.2. The maximum absolute atomic E-state index is 11.3. The maximum Gasteiger partial charge on any atom is 0.310 e. The van der Waals surface area contributed by atoms with Gasteiger partial charge in [-0.1, -0.05) is 18.1 Å². The molecule has 0 fully saturated rings. The van der Waals surface area contributed by atoms with Crippen molar-refractivity contribution in [2.45, 2.75) is 12.5 Å². The second-order valence-corrected chi connectivity index (χ2v) is 3.55. The summed E-state index contributed by atoms with van der Waals surface area (Å²) in [4.78, 5) is 22.0. The molecule has 3 N–H and O–H groups in total. The fourth-order valence-corrected chi connectivity index (χ4v) is 1.50. The molecule has 1 aliphatic rings. The molecule has 0 aliphatic heterocycles. The molecule has 1 amide bonds. The van der Waals surface area contributed by atoms with E-state index in [1.165, 1.54) is 0 Å². The van der Waals surface area contributed by atoms with Gasteiger partial charge < -0.3 is 10.4 Å². The highest BCUT2D eigenvalue weighted by Gasteiger charge is 2.24. The molecule has 0 heterocycles. The normalized spacial score (nSPS) is 22.7. The van der Waals surface area contributed by atoms with Crippen LogP contribution in [-0.4, -0.2) is 36.1 Å². The molecule has 0 radical (unpaired) electrons. The Morgan fingerprint density at radius 3 is 2.81 bits per heavy atom. The van der Waals surface area contributed by atoms with Gasteiger partial charge in [-0.15, -0.1) is 6.42 Å². The van der Waals surface area contributed by atoms with Gasteiger partial charge in [0.25, 0.3) is 0 Å². The van der Waals surface area contributed by atoms with Crippen LogP contribution in [0.2, 0.25) is 0 Å². The number of carbonyl (C=O) groups excluding carboxylic acids is 1. The fourth-order valence-electron chi connectivity index (χ4n) is 1.50. The summed E-state index contributed by atoms with van der Waals surface area (Å²) < 4.78 is 0. The standard InChI is InChI=1S/C11H14N2O3/c1-2-5-12-7-10(14)13-9-4-3-8(6-9)11(15)16/h1,3-4,8-9,12H,5-7H2,(H,13,14)(H,15,16). The van der Waals surface area contributed by atoms with Crippen molar-refractivity contribution >= 4 is 11.9 Å². The minimum absolute atomic E-state index is 0.145. The molecule has 2 atom stereocenters. The minimum atomic E-state index is -0.863. The number of hydrogen-bond donors (Lipinski definition) is 3. The zero-order valence-corrected chi connectivity index (χ0v) is 8.77. The third-order valence-corrected chi connectivity index (χ3v) is 2.26. The molecule has 1 aliphatic carbocycles. The highest BCUT2D eigenvalue weighted by Crippen LogP contribution is 2.17. The molecule has 2 unspecified atom stereocenters. The second kappa shape index (κ2) is 5.93. The quantitative estimate of drug-likeness (QED) is 0.328. The number of carboxylic acids is 1. The number of carbonyl (C=O) groups is 2. The Labute approximate surface area is 93.9 Å². The van der Waals surface area contributed by atoms with Crippen LogP contribution in [0.15, 0.2) is 12.2 Å². The molecule has 0 aromatic heterocycles. The molecule has 0 saturated heterocycles. The number of aliphatic carboxylic acids is 1. The summed E-state index contributed by atoms with van der Waals surface area (Å²) in [5.41, 5.74) is 0. The summed E-state index contributed by atoms with van der Waals surface area (Å²) in [6, 6.07) is -0.193. The lowest BCUT2D eigenvalue weighted by Gasteiger charge is -2.11. The molecule has 5 heteroatoms. The lowest BCUT2D eigenvalue weighted by molar-refractivity contribution is -0.140. The summed E-state index contributed by atoms with van der Waals surface area (Å²) >= 11 is 0. The molecule has 0 aromatic rings. The number of terminal acetylenes is 1. The van der Waals surface area contributed by atoms with Gasteiger partial charge in [-0.05, 0) is 6.42 Å². The number of hydrogen-bond acceptors (Lipinski definition) is 3. The zero-order chi connectivity index (χ0) is 12.0. The summed E-state index contributed by atoms with van der Waals surface area (Å²) in [6.07, 6.45) is 8.73. The van der Waals surface area contributed by atoms with Crippen molar-refractivity contribution in [3.63, 3.8) is 0 Å². The van der Waals surface area contributed by atoms with Crippen LogP contribution in [0.3, 0.4) is 0 Å². The van der Waals surface area contributed by atoms with E-state index in [2.05, 4.69) is 16.6 Å². The van der Waals surface area contributed by atoms with Crippen molar-refractivity contribution in [3.05, 3.63) is 12.2 Å². The zero-order valence-electron chi connectivity index (χ0n) is 8.77. The van der Waals surface area contributed by atoms with Gasteiger partial charge in [0.1, 0.15) is 0 Å². The van der Waals surface area contributed by atoms with E-state index >= 15 is 0 Å². The predicted octanol–water partition coefficient (Wildman–Crippen LogP) is -0.645. The predicted molar refractivity (Wildman–Crippen MR) is 58.5 cm³/mol. The molecule has 86 valence electrons. The molecule has 0 saturated carbocycles. The van der Waals surface area contributed by atoms with Crippen LogP contribution in [0.5, 0.6) is 0 Å². The monoisotopic (exact) mass is 222 g/mol. The van der Waals surface area contributed by atoms with Crippen LogP contribution in [0.25, 0.3) is 0 Å². The van der Waals surface area contributed by atoms with E-state index in [4.69, 9.17) is 11.5 Å². The molecule has 5 nitrogen and oxygen atoms in total. The molecular weight excluding hydrogens is 208 g/mol. The average molecular weight is 222 g/mol. The van der Waals surface area contributed by atoms with Crippen LogP contribution in [-0.2, 0) is 9.59 Å². The summed E-state index contributed by atoms with van der Waals surface area (Å²) in [5.74, 6) is 0.813. The van der Waals surface area contributed by atoms with E-state index in [1.54, 1.807) is 12.2 Å².